The molecule has 3 rings (SSSR count). The highest BCUT2D eigenvalue weighted by molar-refractivity contribution is 7.09. The van der Waals surface area contributed by atoms with Gasteiger partial charge in [0, 0.05) is 19.0 Å². The SMILES string of the molecule is CN(CC1CC2CCC1C2)C(=O)Cc1nc(CCl)cs1. The zero-order chi connectivity index (χ0) is 14.1. The van der Waals surface area contributed by atoms with Gasteiger partial charge in [-0.15, -0.1) is 22.9 Å². The van der Waals surface area contributed by atoms with E-state index in [2.05, 4.69) is 4.98 Å². The van der Waals surface area contributed by atoms with Gasteiger partial charge in [0.05, 0.1) is 18.0 Å². The Balaban J connectivity index is 1.51. The van der Waals surface area contributed by atoms with Gasteiger partial charge in [0.1, 0.15) is 5.01 Å². The molecule has 1 aromatic rings. The summed E-state index contributed by atoms with van der Waals surface area (Å²) in [5.74, 6) is 3.16. The van der Waals surface area contributed by atoms with E-state index in [1.807, 2.05) is 17.3 Å². The first kappa shape index (κ1) is 14.3. The van der Waals surface area contributed by atoms with Crippen LogP contribution in [0.15, 0.2) is 5.38 Å². The van der Waals surface area contributed by atoms with Crippen LogP contribution >= 0.6 is 22.9 Å². The highest BCUT2D eigenvalue weighted by Crippen LogP contribution is 2.48. The summed E-state index contributed by atoms with van der Waals surface area (Å²) in [7, 11) is 1.93. The molecule has 0 spiro atoms. The third-order valence-corrected chi connectivity index (χ3v) is 6.03. The number of amides is 1. The summed E-state index contributed by atoms with van der Waals surface area (Å²) in [6.07, 6.45) is 5.94. The fourth-order valence-electron chi connectivity index (χ4n) is 3.81. The van der Waals surface area contributed by atoms with Gasteiger partial charge in [-0.3, -0.25) is 4.79 Å². The molecule has 2 fully saturated rings. The normalized spacial score (nSPS) is 28.0. The Hall–Kier alpha value is -0.610. The van der Waals surface area contributed by atoms with Gasteiger partial charge in [0.25, 0.3) is 0 Å². The van der Waals surface area contributed by atoms with E-state index < -0.39 is 0 Å². The molecule has 0 saturated heterocycles. The van der Waals surface area contributed by atoms with Crippen molar-refractivity contribution < 1.29 is 4.79 Å². The first-order valence-electron chi connectivity index (χ1n) is 7.39. The summed E-state index contributed by atoms with van der Waals surface area (Å²) in [6.45, 7) is 0.924. The van der Waals surface area contributed by atoms with E-state index >= 15 is 0 Å². The predicted octanol–water partition coefficient (Wildman–Crippen LogP) is 3.32. The summed E-state index contributed by atoms with van der Waals surface area (Å²) in [5, 5.41) is 2.82. The van der Waals surface area contributed by atoms with Gasteiger partial charge in [0.2, 0.25) is 5.91 Å². The molecule has 5 heteroatoms. The van der Waals surface area contributed by atoms with Crippen molar-refractivity contribution in [2.75, 3.05) is 13.6 Å². The van der Waals surface area contributed by atoms with E-state index in [4.69, 9.17) is 11.6 Å². The molecule has 3 unspecified atom stereocenters. The molecule has 2 aliphatic carbocycles. The van der Waals surface area contributed by atoms with Crippen LogP contribution in [0.3, 0.4) is 0 Å². The molecule has 2 bridgehead atoms. The molecular weight excluding hydrogens is 292 g/mol. The summed E-state index contributed by atoms with van der Waals surface area (Å²) < 4.78 is 0. The number of alkyl halides is 1. The van der Waals surface area contributed by atoms with E-state index in [-0.39, 0.29) is 5.91 Å². The van der Waals surface area contributed by atoms with Crippen LogP contribution in [-0.4, -0.2) is 29.4 Å². The lowest BCUT2D eigenvalue weighted by Crippen LogP contribution is -2.34. The molecule has 2 aliphatic rings. The molecule has 0 aliphatic heterocycles. The van der Waals surface area contributed by atoms with E-state index in [0.29, 0.717) is 12.3 Å². The zero-order valence-corrected chi connectivity index (χ0v) is 13.4. The van der Waals surface area contributed by atoms with Crippen LogP contribution in [0.5, 0.6) is 0 Å². The molecular formula is C15H21ClN2OS. The highest BCUT2D eigenvalue weighted by atomic mass is 35.5. The maximum absolute atomic E-state index is 12.3. The molecule has 20 heavy (non-hydrogen) atoms. The lowest BCUT2D eigenvalue weighted by atomic mass is 9.88. The molecule has 3 nitrogen and oxygen atoms in total. The molecule has 0 radical (unpaired) electrons. The second-order valence-electron chi connectivity index (χ2n) is 6.25. The number of nitrogens with zero attached hydrogens (tertiary/aromatic N) is 2. The maximum Gasteiger partial charge on any atom is 0.229 e. The average molecular weight is 313 g/mol. The Kier molecular flexibility index (Phi) is 4.32. The van der Waals surface area contributed by atoms with E-state index in [1.54, 1.807) is 0 Å². The standard InChI is InChI=1S/C15H21ClN2OS/c1-18(8-12-5-10-2-3-11(12)4-10)15(19)6-14-17-13(7-16)9-20-14/h9-12H,2-8H2,1H3. The number of hydrogen-bond donors (Lipinski definition) is 0. The fraction of sp³-hybridized carbons (Fsp3) is 0.733. The second-order valence-corrected chi connectivity index (χ2v) is 7.46. The Morgan fingerprint density at radius 3 is 2.95 bits per heavy atom. The molecule has 0 N–H and O–H groups in total. The number of fused-ring (bicyclic) bond motifs is 2. The number of hydrogen-bond acceptors (Lipinski definition) is 3. The minimum absolute atomic E-state index is 0.184. The molecule has 3 atom stereocenters. The number of aromatic nitrogens is 1. The monoisotopic (exact) mass is 312 g/mol. The lowest BCUT2D eigenvalue weighted by Gasteiger charge is -2.27. The number of carbonyl (C=O) groups excluding carboxylic acids is 1. The Morgan fingerprint density at radius 1 is 1.50 bits per heavy atom. The van der Waals surface area contributed by atoms with Gasteiger partial charge in [-0.25, -0.2) is 4.98 Å². The molecule has 1 heterocycles. The number of carbonyl (C=O) groups is 1. The lowest BCUT2D eigenvalue weighted by molar-refractivity contribution is -0.129. The molecule has 1 amide bonds. The largest absolute Gasteiger partial charge is 0.345 e. The van der Waals surface area contributed by atoms with Gasteiger partial charge in [0.15, 0.2) is 0 Å². The maximum atomic E-state index is 12.3. The first-order chi connectivity index (χ1) is 9.65. The summed E-state index contributed by atoms with van der Waals surface area (Å²) >= 11 is 7.27. The van der Waals surface area contributed by atoms with Crippen molar-refractivity contribution in [2.45, 2.75) is 38.0 Å². The molecule has 110 valence electrons. The van der Waals surface area contributed by atoms with Crippen molar-refractivity contribution in [3.63, 3.8) is 0 Å². The van der Waals surface area contributed by atoms with Gasteiger partial charge in [-0.1, -0.05) is 6.42 Å². The van der Waals surface area contributed by atoms with Crippen molar-refractivity contribution in [1.82, 2.24) is 9.88 Å². The van der Waals surface area contributed by atoms with Crippen molar-refractivity contribution in [3.05, 3.63) is 16.1 Å². The molecule has 1 aromatic heterocycles. The van der Waals surface area contributed by atoms with Crippen molar-refractivity contribution >= 4 is 28.8 Å². The number of thiazole rings is 1. The third kappa shape index (κ3) is 3.01. The molecule has 0 aromatic carbocycles. The van der Waals surface area contributed by atoms with E-state index in [1.165, 1.54) is 37.0 Å². The topological polar surface area (TPSA) is 33.2 Å². The van der Waals surface area contributed by atoms with E-state index in [0.717, 1.165) is 35.0 Å². The van der Waals surface area contributed by atoms with Crippen molar-refractivity contribution in [3.8, 4) is 0 Å². The van der Waals surface area contributed by atoms with Crippen LogP contribution in [-0.2, 0) is 17.1 Å². The Labute approximate surface area is 129 Å². The number of likely N-dealkylation sites (N-methyl/N-ethyl adjacent to an activating group) is 1. The summed E-state index contributed by atoms with van der Waals surface area (Å²) in [6, 6.07) is 0. The fourth-order valence-corrected chi connectivity index (χ4v) is 4.82. The van der Waals surface area contributed by atoms with Crippen LogP contribution in [0.2, 0.25) is 0 Å². The van der Waals surface area contributed by atoms with Crippen molar-refractivity contribution in [1.29, 1.82) is 0 Å². The summed E-state index contributed by atoms with van der Waals surface area (Å²) in [4.78, 5) is 18.5. The van der Waals surface area contributed by atoms with Crippen molar-refractivity contribution in [2.24, 2.45) is 17.8 Å². The predicted molar refractivity (Wildman–Crippen MR) is 82.0 cm³/mol. The third-order valence-electron chi connectivity index (χ3n) is 4.86. The second kappa shape index (κ2) is 6.02. The quantitative estimate of drug-likeness (QED) is 0.781. The zero-order valence-electron chi connectivity index (χ0n) is 11.8. The first-order valence-corrected chi connectivity index (χ1v) is 8.80. The Bertz CT molecular complexity index is 490. The minimum atomic E-state index is 0.184. The Morgan fingerprint density at radius 2 is 2.35 bits per heavy atom. The number of halogens is 1. The van der Waals surface area contributed by atoms with Crippen LogP contribution in [0, 0.1) is 17.8 Å². The van der Waals surface area contributed by atoms with Gasteiger partial charge >= 0.3 is 0 Å². The van der Waals surface area contributed by atoms with Gasteiger partial charge < -0.3 is 4.90 Å². The average Bonchev–Trinajstić information content (AvgIpc) is 3.14. The molecule has 2 saturated carbocycles. The van der Waals surface area contributed by atoms with Crippen LogP contribution in [0.25, 0.3) is 0 Å². The van der Waals surface area contributed by atoms with Crippen LogP contribution in [0.4, 0.5) is 0 Å². The van der Waals surface area contributed by atoms with Crippen LogP contribution in [0.1, 0.15) is 36.4 Å². The van der Waals surface area contributed by atoms with Gasteiger partial charge in [-0.2, -0.15) is 0 Å². The van der Waals surface area contributed by atoms with Gasteiger partial charge in [-0.05, 0) is 37.0 Å². The van der Waals surface area contributed by atoms with Crippen LogP contribution < -0.4 is 0 Å². The minimum Gasteiger partial charge on any atom is -0.345 e. The number of rotatable bonds is 5. The summed E-state index contributed by atoms with van der Waals surface area (Å²) in [5.41, 5.74) is 0.871. The highest BCUT2D eigenvalue weighted by Gasteiger charge is 2.40. The smallest absolute Gasteiger partial charge is 0.229 e. The van der Waals surface area contributed by atoms with E-state index in [9.17, 15) is 4.79 Å².